The molecule has 17 heavy (non-hydrogen) atoms. The zero-order chi connectivity index (χ0) is 12.3. The number of likely N-dealkylation sites (tertiary alicyclic amines) is 1. The zero-order valence-electron chi connectivity index (χ0n) is 10.5. The van der Waals surface area contributed by atoms with Gasteiger partial charge in [0.1, 0.15) is 0 Å². The first-order valence-corrected chi connectivity index (χ1v) is 6.85. The molecule has 1 heterocycles. The van der Waals surface area contributed by atoms with Gasteiger partial charge in [-0.3, -0.25) is 4.79 Å². The van der Waals surface area contributed by atoms with Crippen LogP contribution in [0.25, 0.3) is 0 Å². The van der Waals surface area contributed by atoms with Gasteiger partial charge in [-0.05, 0) is 25.2 Å². The minimum atomic E-state index is 0.201. The van der Waals surface area contributed by atoms with Gasteiger partial charge in [-0.25, -0.2) is 0 Å². The molecule has 2 rings (SSSR count). The molecule has 3 N–H and O–H groups in total. The van der Waals surface area contributed by atoms with Crippen molar-refractivity contribution < 1.29 is 9.90 Å². The maximum Gasteiger partial charge on any atom is 0.222 e. The summed E-state index contributed by atoms with van der Waals surface area (Å²) in [5.41, 5.74) is 6.07. The van der Waals surface area contributed by atoms with Crippen molar-refractivity contribution in [1.82, 2.24) is 4.90 Å². The number of rotatable bonds is 3. The quantitative estimate of drug-likeness (QED) is 0.764. The van der Waals surface area contributed by atoms with Crippen LogP contribution in [0.2, 0.25) is 0 Å². The summed E-state index contributed by atoms with van der Waals surface area (Å²) in [6.07, 6.45) is 6.15. The predicted molar refractivity (Wildman–Crippen MR) is 66.3 cm³/mol. The molecule has 1 amide bonds. The molecule has 0 bridgehead atoms. The monoisotopic (exact) mass is 240 g/mol. The van der Waals surface area contributed by atoms with Gasteiger partial charge in [0.05, 0.1) is 0 Å². The normalized spacial score (nSPS) is 34.0. The van der Waals surface area contributed by atoms with Crippen molar-refractivity contribution in [2.24, 2.45) is 17.6 Å². The lowest BCUT2D eigenvalue weighted by molar-refractivity contribution is -0.131. The van der Waals surface area contributed by atoms with Crippen molar-refractivity contribution in [2.75, 3.05) is 19.7 Å². The molecule has 1 saturated heterocycles. The average Bonchev–Trinajstić information content (AvgIpc) is 2.81. The Balaban J connectivity index is 1.80. The summed E-state index contributed by atoms with van der Waals surface area (Å²) >= 11 is 0. The van der Waals surface area contributed by atoms with Gasteiger partial charge in [0, 0.05) is 38.1 Å². The molecule has 2 aliphatic rings. The Hall–Kier alpha value is -0.610. The predicted octanol–water partition coefficient (Wildman–Crippen LogP) is 0.735. The van der Waals surface area contributed by atoms with E-state index >= 15 is 0 Å². The van der Waals surface area contributed by atoms with Gasteiger partial charge in [-0.2, -0.15) is 0 Å². The van der Waals surface area contributed by atoms with Gasteiger partial charge in [0.15, 0.2) is 0 Å². The molecule has 1 aliphatic heterocycles. The average molecular weight is 240 g/mol. The fourth-order valence-electron chi connectivity index (χ4n) is 3.05. The van der Waals surface area contributed by atoms with Gasteiger partial charge in [0.2, 0.25) is 5.91 Å². The molecule has 1 aliphatic carbocycles. The Morgan fingerprint density at radius 3 is 2.71 bits per heavy atom. The Kier molecular flexibility index (Phi) is 4.40. The number of nitrogens with two attached hydrogens (primary N) is 1. The number of amides is 1. The highest BCUT2D eigenvalue weighted by atomic mass is 16.3. The molecule has 3 unspecified atom stereocenters. The van der Waals surface area contributed by atoms with Crippen LogP contribution in [0, 0.1) is 11.8 Å². The lowest BCUT2D eigenvalue weighted by atomic mass is 9.83. The topological polar surface area (TPSA) is 66.6 Å². The minimum Gasteiger partial charge on any atom is -0.396 e. The summed E-state index contributed by atoms with van der Waals surface area (Å²) in [4.78, 5) is 14.0. The van der Waals surface area contributed by atoms with Crippen molar-refractivity contribution in [3.63, 3.8) is 0 Å². The number of hydrogen-bond acceptors (Lipinski definition) is 3. The van der Waals surface area contributed by atoms with Crippen LogP contribution < -0.4 is 5.73 Å². The van der Waals surface area contributed by atoms with Crippen LogP contribution in [0.1, 0.15) is 38.5 Å². The standard InChI is InChI=1S/C13H24N2O2/c14-12-4-2-1-3-11(12)7-13(17)15-6-5-10(8-15)9-16/h10-12,16H,1-9,14H2. The first-order valence-electron chi connectivity index (χ1n) is 6.85. The number of hydrogen-bond donors (Lipinski definition) is 2. The van der Waals surface area contributed by atoms with E-state index in [9.17, 15) is 4.79 Å². The fraction of sp³-hybridized carbons (Fsp3) is 0.923. The van der Waals surface area contributed by atoms with Crippen LogP contribution in [-0.2, 0) is 4.79 Å². The number of aliphatic hydroxyl groups excluding tert-OH is 1. The summed E-state index contributed by atoms with van der Waals surface area (Å²) in [5, 5.41) is 9.07. The molecular weight excluding hydrogens is 216 g/mol. The second kappa shape index (κ2) is 5.83. The Bertz CT molecular complexity index is 270. The lowest BCUT2D eigenvalue weighted by Gasteiger charge is -2.29. The Labute approximate surface area is 103 Å². The van der Waals surface area contributed by atoms with Crippen LogP contribution in [0.5, 0.6) is 0 Å². The summed E-state index contributed by atoms with van der Waals surface area (Å²) < 4.78 is 0. The Morgan fingerprint density at radius 1 is 1.29 bits per heavy atom. The number of carbonyl (C=O) groups is 1. The van der Waals surface area contributed by atoms with Gasteiger partial charge in [0.25, 0.3) is 0 Å². The van der Waals surface area contributed by atoms with Gasteiger partial charge in [-0.1, -0.05) is 12.8 Å². The molecule has 0 aromatic rings. The van der Waals surface area contributed by atoms with Gasteiger partial charge >= 0.3 is 0 Å². The number of aliphatic hydroxyl groups is 1. The van der Waals surface area contributed by atoms with Crippen molar-refractivity contribution in [3.8, 4) is 0 Å². The second-order valence-electron chi connectivity index (χ2n) is 5.59. The molecule has 3 atom stereocenters. The molecule has 0 spiro atoms. The highest BCUT2D eigenvalue weighted by Gasteiger charge is 2.29. The fourth-order valence-corrected chi connectivity index (χ4v) is 3.05. The van der Waals surface area contributed by atoms with Gasteiger partial charge < -0.3 is 15.7 Å². The zero-order valence-corrected chi connectivity index (χ0v) is 10.5. The smallest absolute Gasteiger partial charge is 0.222 e. The molecular formula is C13H24N2O2. The van der Waals surface area contributed by atoms with Crippen LogP contribution in [0.15, 0.2) is 0 Å². The second-order valence-corrected chi connectivity index (χ2v) is 5.59. The molecule has 98 valence electrons. The van der Waals surface area contributed by atoms with E-state index in [4.69, 9.17) is 10.8 Å². The molecule has 0 aromatic carbocycles. The maximum atomic E-state index is 12.1. The summed E-state index contributed by atoms with van der Waals surface area (Å²) in [6.45, 7) is 1.75. The largest absolute Gasteiger partial charge is 0.396 e. The van der Waals surface area contributed by atoms with Crippen LogP contribution in [0.4, 0.5) is 0 Å². The molecule has 0 aromatic heterocycles. The number of carbonyl (C=O) groups excluding carboxylic acids is 1. The molecule has 1 saturated carbocycles. The van der Waals surface area contributed by atoms with E-state index in [-0.39, 0.29) is 18.6 Å². The van der Waals surface area contributed by atoms with E-state index in [1.165, 1.54) is 12.8 Å². The van der Waals surface area contributed by atoms with Crippen molar-refractivity contribution >= 4 is 5.91 Å². The molecule has 2 fully saturated rings. The van der Waals surface area contributed by atoms with Gasteiger partial charge in [-0.15, -0.1) is 0 Å². The SMILES string of the molecule is NC1CCCCC1CC(=O)N1CCC(CO)C1. The summed E-state index contributed by atoms with van der Waals surface area (Å²) in [6, 6.07) is 0.212. The van der Waals surface area contributed by atoms with E-state index in [1.54, 1.807) is 0 Å². The first kappa shape index (κ1) is 12.8. The third-order valence-corrected chi connectivity index (χ3v) is 4.30. The van der Waals surface area contributed by atoms with Crippen molar-refractivity contribution in [3.05, 3.63) is 0 Å². The third-order valence-electron chi connectivity index (χ3n) is 4.30. The van der Waals surface area contributed by atoms with Crippen LogP contribution in [0.3, 0.4) is 0 Å². The maximum absolute atomic E-state index is 12.1. The van der Waals surface area contributed by atoms with E-state index in [0.717, 1.165) is 32.4 Å². The van der Waals surface area contributed by atoms with E-state index < -0.39 is 0 Å². The number of nitrogens with zero attached hydrogens (tertiary/aromatic N) is 1. The van der Waals surface area contributed by atoms with E-state index in [2.05, 4.69) is 0 Å². The Morgan fingerprint density at radius 2 is 2.06 bits per heavy atom. The van der Waals surface area contributed by atoms with Crippen LogP contribution in [-0.4, -0.2) is 41.7 Å². The highest BCUT2D eigenvalue weighted by Crippen LogP contribution is 2.27. The minimum absolute atomic E-state index is 0.201. The lowest BCUT2D eigenvalue weighted by Crippen LogP contribution is -2.38. The van der Waals surface area contributed by atoms with E-state index in [1.807, 2.05) is 4.90 Å². The van der Waals surface area contributed by atoms with Crippen molar-refractivity contribution in [1.29, 1.82) is 0 Å². The van der Waals surface area contributed by atoms with Crippen LogP contribution >= 0.6 is 0 Å². The molecule has 4 nitrogen and oxygen atoms in total. The van der Waals surface area contributed by atoms with E-state index in [0.29, 0.717) is 18.3 Å². The molecule has 4 heteroatoms. The van der Waals surface area contributed by atoms with Crippen molar-refractivity contribution in [2.45, 2.75) is 44.6 Å². The summed E-state index contributed by atoms with van der Waals surface area (Å²) in [5.74, 6) is 0.909. The molecule has 0 radical (unpaired) electrons. The highest BCUT2D eigenvalue weighted by molar-refractivity contribution is 5.76. The first-order chi connectivity index (χ1) is 8.20. The summed E-state index contributed by atoms with van der Waals surface area (Å²) in [7, 11) is 0. The third kappa shape index (κ3) is 3.19.